The van der Waals surface area contributed by atoms with Gasteiger partial charge in [0.25, 0.3) is 0 Å². The molecule has 0 bridgehead atoms. The highest BCUT2D eigenvalue weighted by atomic mass is 16.5. The lowest BCUT2D eigenvalue weighted by atomic mass is 10.0. The SMILES string of the molecule is CN(CC1CCCCO1)CC1(O)CCCC1. The minimum Gasteiger partial charge on any atom is -0.389 e. The minimum atomic E-state index is -0.413. The molecule has 0 radical (unpaired) electrons. The van der Waals surface area contributed by atoms with Crippen molar-refractivity contribution in [3.63, 3.8) is 0 Å². The summed E-state index contributed by atoms with van der Waals surface area (Å²) >= 11 is 0. The van der Waals surface area contributed by atoms with Crippen LogP contribution in [0.2, 0.25) is 0 Å². The van der Waals surface area contributed by atoms with Gasteiger partial charge in [0.15, 0.2) is 0 Å². The molecule has 1 N–H and O–H groups in total. The molecular weight excluding hydrogens is 202 g/mol. The molecular formula is C13H25NO2. The van der Waals surface area contributed by atoms with Crippen molar-refractivity contribution in [1.82, 2.24) is 4.90 Å². The third-order valence-electron chi connectivity index (χ3n) is 3.89. The van der Waals surface area contributed by atoms with Crippen LogP contribution in [0.15, 0.2) is 0 Å². The molecule has 2 fully saturated rings. The molecule has 16 heavy (non-hydrogen) atoms. The number of hydrogen-bond donors (Lipinski definition) is 1. The predicted molar refractivity (Wildman–Crippen MR) is 64.5 cm³/mol. The first-order chi connectivity index (χ1) is 7.68. The number of likely N-dealkylation sites (N-methyl/N-ethyl adjacent to an activating group) is 1. The van der Waals surface area contributed by atoms with Crippen molar-refractivity contribution in [1.29, 1.82) is 0 Å². The van der Waals surface area contributed by atoms with Crippen molar-refractivity contribution in [2.24, 2.45) is 0 Å². The topological polar surface area (TPSA) is 32.7 Å². The van der Waals surface area contributed by atoms with E-state index in [0.29, 0.717) is 6.10 Å². The van der Waals surface area contributed by atoms with E-state index in [2.05, 4.69) is 11.9 Å². The van der Waals surface area contributed by atoms with Crippen LogP contribution in [-0.4, -0.2) is 48.5 Å². The lowest BCUT2D eigenvalue weighted by Gasteiger charge is -2.32. The number of hydrogen-bond acceptors (Lipinski definition) is 3. The Hall–Kier alpha value is -0.120. The van der Waals surface area contributed by atoms with Crippen molar-refractivity contribution in [3.05, 3.63) is 0 Å². The highest BCUT2D eigenvalue weighted by Gasteiger charge is 2.32. The second kappa shape index (κ2) is 5.48. The minimum absolute atomic E-state index is 0.392. The van der Waals surface area contributed by atoms with Crippen LogP contribution < -0.4 is 0 Å². The van der Waals surface area contributed by atoms with Crippen molar-refractivity contribution in [3.8, 4) is 0 Å². The Kier molecular flexibility index (Phi) is 4.22. The highest BCUT2D eigenvalue weighted by Crippen LogP contribution is 2.30. The molecule has 2 aliphatic rings. The maximum atomic E-state index is 10.3. The quantitative estimate of drug-likeness (QED) is 0.795. The van der Waals surface area contributed by atoms with Gasteiger partial charge in [-0.1, -0.05) is 12.8 Å². The van der Waals surface area contributed by atoms with Gasteiger partial charge in [-0.25, -0.2) is 0 Å². The lowest BCUT2D eigenvalue weighted by molar-refractivity contribution is -0.0270. The largest absolute Gasteiger partial charge is 0.389 e. The third kappa shape index (κ3) is 3.44. The summed E-state index contributed by atoms with van der Waals surface area (Å²) in [6.07, 6.45) is 8.40. The summed E-state index contributed by atoms with van der Waals surface area (Å²) in [5.74, 6) is 0. The number of aliphatic hydroxyl groups is 1. The molecule has 94 valence electrons. The molecule has 1 aliphatic heterocycles. The molecule has 0 aromatic heterocycles. The second-order valence-electron chi connectivity index (χ2n) is 5.62. The van der Waals surface area contributed by atoms with E-state index in [4.69, 9.17) is 4.74 Å². The summed E-state index contributed by atoms with van der Waals surface area (Å²) in [6.45, 7) is 2.71. The van der Waals surface area contributed by atoms with Crippen molar-refractivity contribution in [2.75, 3.05) is 26.7 Å². The van der Waals surface area contributed by atoms with Crippen LogP contribution in [0, 0.1) is 0 Å². The van der Waals surface area contributed by atoms with Gasteiger partial charge in [-0.2, -0.15) is 0 Å². The third-order valence-corrected chi connectivity index (χ3v) is 3.89. The Morgan fingerprint density at radius 2 is 2.00 bits per heavy atom. The average Bonchev–Trinajstić information content (AvgIpc) is 2.66. The monoisotopic (exact) mass is 227 g/mol. The van der Waals surface area contributed by atoms with Gasteiger partial charge >= 0.3 is 0 Å². The van der Waals surface area contributed by atoms with Gasteiger partial charge in [-0.3, -0.25) is 0 Å². The zero-order valence-corrected chi connectivity index (χ0v) is 10.5. The molecule has 1 saturated heterocycles. The highest BCUT2D eigenvalue weighted by molar-refractivity contribution is 4.87. The van der Waals surface area contributed by atoms with Crippen LogP contribution in [0.1, 0.15) is 44.9 Å². The van der Waals surface area contributed by atoms with Crippen molar-refractivity contribution >= 4 is 0 Å². The molecule has 0 spiro atoms. The van der Waals surface area contributed by atoms with Gasteiger partial charge in [-0.05, 0) is 39.2 Å². The van der Waals surface area contributed by atoms with E-state index in [0.717, 1.165) is 32.5 Å². The van der Waals surface area contributed by atoms with Gasteiger partial charge in [-0.15, -0.1) is 0 Å². The average molecular weight is 227 g/mol. The molecule has 1 aliphatic carbocycles. The molecule has 0 amide bonds. The lowest BCUT2D eigenvalue weighted by Crippen LogP contribution is -2.43. The number of ether oxygens (including phenoxy) is 1. The van der Waals surface area contributed by atoms with Crippen LogP contribution >= 0.6 is 0 Å². The van der Waals surface area contributed by atoms with E-state index in [9.17, 15) is 5.11 Å². The normalized spacial score (nSPS) is 29.8. The van der Waals surface area contributed by atoms with E-state index >= 15 is 0 Å². The summed E-state index contributed by atoms with van der Waals surface area (Å²) < 4.78 is 5.72. The molecule has 0 aromatic rings. The number of rotatable bonds is 4. The zero-order valence-electron chi connectivity index (χ0n) is 10.5. The molecule has 3 nitrogen and oxygen atoms in total. The Morgan fingerprint density at radius 1 is 1.25 bits per heavy atom. The molecule has 3 heteroatoms. The Balaban J connectivity index is 1.72. The smallest absolute Gasteiger partial charge is 0.0774 e. The molecule has 1 heterocycles. The van der Waals surface area contributed by atoms with Gasteiger partial charge in [0.1, 0.15) is 0 Å². The number of nitrogens with zero attached hydrogens (tertiary/aromatic N) is 1. The first kappa shape index (κ1) is 12.3. The maximum absolute atomic E-state index is 10.3. The van der Waals surface area contributed by atoms with Gasteiger partial charge in [0.05, 0.1) is 11.7 Å². The van der Waals surface area contributed by atoms with Gasteiger partial charge in [0, 0.05) is 19.7 Å². The van der Waals surface area contributed by atoms with E-state index in [1.165, 1.54) is 32.1 Å². The molecule has 1 unspecified atom stereocenters. The summed E-state index contributed by atoms with van der Waals surface area (Å²) in [4.78, 5) is 2.25. The van der Waals surface area contributed by atoms with E-state index in [-0.39, 0.29) is 0 Å². The Labute approximate surface area is 98.8 Å². The van der Waals surface area contributed by atoms with Gasteiger partial charge < -0.3 is 14.7 Å². The molecule has 0 aromatic carbocycles. The van der Waals surface area contributed by atoms with Gasteiger partial charge in [0.2, 0.25) is 0 Å². The molecule has 1 saturated carbocycles. The fraction of sp³-hybridized carbons (Fsp3) is 1.00. The fourth-order valence-corrected chi connectivity index (χ4v) is 3.06. The Morgan fingerprint density at radius 3 is 2.62 bits per heavy atom. The van der Waals surface area contributed by atoms with E-state index in [1.807, 2.05) is 0 Å². The first-order valence-electron chi connectivity index (χ1n) is 6.70. The van der Waals surface area contributed by atoms with Crippen molar-refractivity contribution in [2.45, 2.75) is 56.7 Å². The summed E-state index contributed by atoms with van der Waals surface area (Å²) in [7, 11) is 2.11. The van der Waals surface area contributed by atoms with Crippen LogP contribution in [0.25, 0.3) is 0 Å². The van der Waals surface area contributed by atoms with Crippen LogP contribution in [-0.2, 0) is 4.74 Å². The second-order valence-corrected chi connectivity index (χ2v) is 5.62. The van der Waals surface area contributed by atoms with E-state index in [1.54, 1.807) is 0 Å². The van der Waals surface area contributed by atoms with Crippen LogP contribution in [0.3, 0.4) is 0 Å². The van der Waals surface area contributed by atoms with Crippen LogP contribution in [0.5, 0.6) is 0 Å². The Bertz CT molecular complexity index is 208. The standard InChI is InChI=1S/C13H25NO2/c1-14(10-12-6-2-5-9-16-12)11-13(15)7-3-4-8-13/h12,15H,2-11H2,1H3. The maximum Gasteiger partial charge on any atom is 0.0774 e. The first-order valence-corrected chi connectivity index (χ1v) is 6.70. The van der Waals surface area contributed by atoms with E-state index < -0.39 is 5.60 Å². The summed E-state index contributed by atoms with van der Waals surface area (Å²) in [5.41, 5.74) is -0.413. The predicted octanol–water partition coefficient (Wildman–Crippen LogP) is 1.79. The molecule has 2 rings (SSSR count). The molecule has 1 atom stereocenters. The fourth-order valence-electron chi connectivity index (χ4n) is 3.06. The zero-order chi connectivity index (χ0) is 11.4. The van der Waals surface area contributed by atoms with Crippen LogP contribution in [0.4, 0.5) is 0 Å². The summed E-state index contributed by atoms with van der Waals surface area (Å²) in [5, 5.41) is 10.3. The summed E-state index contributed by atoms with van der Waals surface area (Å²) in [6, 6.07) is 0. The van der Waals surface area contributed by atoms with Crippen molar-refractivity contribution < 1.29 is 9.84 Å².